The highest BCUT2D eigenvalue weighted by atomic mass is 127. The summed E-state index contributed by atoms with van der Waals surface area (Å²) < 4.78 is 1.19. The van der Waals surface area contributed by atoms with Gasteiger partial charge in [-0.05, 0) is 75.7 Å². The van der Waals surface area contributed by atoms with Crippen LogP contribution in [0.15, 0.2) is 54.6 Å². The highest BCUT2D eigenvalue weighted by Gasteiger charge is 2.19. The fraction of sp³-hybridized carbons (Fsp3) is 0.150. The maximum absolute atomic E-state index is 8.09. The van der Waals surface area contributed by atoms with Gasteiger partial charge in [-0.1, -0.05) is 36.4 Å². The van der Waals surface area contributed by atoms with E-state index in [1.807, 2.05) is 11.0 Å². The lowest BCUT2D eigenvalue weighted by Crippen LogP contribution is -2.36. The van der Waals surface area contributed by atoms with Gasteiger partial charge in [-0.25, -0.2) is 0 Å². The minimum absolute atomic E-state index is 0. The van der Waals surface area contributed by atoms with Crippen LogP contribution >= 0.6 is 35.0 Å². The fourth-order valence-electron chi connectivity index (χ4n) is 3.58. The number of hydrogen-bond donors (Lipinski definition) is 2. The second-order valence-electron chi connectivity index (χ2n) is 6.18. The highest BCUT2D eigenvalue weighted by Crippen LogP contribution is 2.37. The van der Waals surface area contributed by atoms with E-state index in [0.717, 1.165) is 24.1 Å². The summed E-state index contributed by atoms with van der Waals surface area (Å²) in [5.41, 5.74) is 10.9. The molecule has 25 heavy (non-hydrogen) atoms. The van der Waals surface area contributed by atoms with E-state index in [1.54, 1.807) is 0 Å². The highest BCUT2D eigenvalue weighted by molar-refractivity contribution is 14.1. The molecule has 0 fully saturated rings. The molecule has 3 aromatic carbocycles. The Morgan fingerprint density at radius 3 is 2.48 bits per heavy atom. The topological polar surface area (TPSA) is 53.1 Å². The van der Waals surface area contributed by atoms with E-state index in [2.05, 4.69) is 71.1 Å². The summed E-state index contributed by atoms with van der Waals surface area (Å²) in [6, 6.07) is 19.1. The van der Waals surface area contributed by atoms with Crippen molar-refractivity contribution in [3.05, 3.63) is 74.9 Å². The molecule has 0 amide bonds. The molecule has 3 aromatic rings. The van der Waals surface area contributed by atoms with Crippen LogP contribution in [0.3, 0.4) is 0 Å². The van der Waals surface area contributed by atoms with Gasteiger partial charge in [-0.2, -0.15) is 0 Å². The molecule has 3 N–H and O–H groups in total. The van der Waals surface area contributed by atoms with Gasteiger partial charge in [-0.15, -0.1) is 12.4 Å². The van der Waals surface area contributed by atoms with Gasteiger partial charge >= 0.3 is 0 Å². The number of anilines is 1. The molecular weight excluding hydrogens is 445 g/mol. The van der Waals surface area contributed by atoms with E-state index in [0.29, 0.717) is 6.54 Å². The summed E-state index contributed by atoms with van der Waals surface area (Å²) >= 11 is 2.31. The van der Waals surface area contributed by atoms with Crippen LogP contribution in [-0.4, -0.2) is 5.96 Å². The lowest BCUT2D eigenvalue weighted by molar-refractivity contribution is 0.987. The Labute approximate surface area is 167 Å². The van der Waals surface area contributed by atoms with Crippen LogP contribution in [0.1, 0.15) is 16.7 Å². The van der Waals surface area contributed by atoms with Crippen LogP contribution in [0.5, 0.6) is 0 Å². The molecule has 0 heterocycles. The van der Waals surface area contributed by atoms with Gasteiger partial charge in [0.05, 0.1) is 12.2 Å². The van der Waals surface area contributed by atoms with Gasteiger partial charge in [-0.3, -0.25) is 5.41 Å². The molecule has 0 spiro atoms. The molecule has 1 aliphatic carbocycles. The third-order valence-electron chi connectivity index (χ3n) is 4.67. The van der Waals surface area contributed by atoms with Gasteiger partial charge < -0.3 is 10.6 Å². The number of aryl methyl sites for hydroxylation is 2. The standard InChI is InChI=1S/C20H18IN3.ClH/c21-16-5-1-3-13(11-16)12-24(20(22)23)18-10-9-15-8-7-14-4-2-6-17(18)19(14)15;/h1-6,9-11H,7-8,12H2,(H3,22,23);1H. The summed E-state index contributed by atoms with van der Waals surface area (Å²) in [5, 5.41) is 10.6. The summed E-state index contributed by atoms with van der Waals surface area (Å²) in [7, 11) is 0. The normalized spacial score (nSPS) is 12.0. The molecule has 3 nitrogen and oxygen atoms in total. The molecule has 0 bridgehead atoms. The maximum Gasteiger partial charge on any atom is 0.193 e. The van der Waals surface area contributed by atoms with Crippen molar-refractivity contribution in [2.24, 2.45) is 5.73 Å². The van der Waals surface area contributed by atoms with E-state index in [-0.39, 0.29) is 18.4 Å². The molecule has 0 radical (unpaired) electrons. The summed E-state index contributed by atoms with van der Waals surface area (Å²) in [5.74, 6) is 0.0764. The molecular formula is C20H19ClIN3. The van der Waals surface area contributed by atoms with Crippen LogP contribution in [0.2, 0.25) is 0 Å². The predicted octanol–water partition coefficient (Wildman–Crippen LogP) is 4.86. The van der Waals surface area contributed by atoms with Crippen LogP contribution in [0.25, 0.3) is 10.8 Å². The molecule has 128 valence electrons. The molecule has 0 unspecified atom stereocenters. The largest absolute Gasteiger partial charge is 0.370 e. The maximum atomic E-state index is 8.09. The number of hydrogen-bond acceptors (Lipinski definition) is 1. The predicted molar refractivity (Wildman–Crippen MR) is 116 cm³/mol. The molecule has 0 aromatic heterocycles. The van der Waals surface area contributed by atoms with Crippen molar-refractivity contribution in [3.8, 4) is 0 Å². The molecule has 0 saturated heterocycles. The van der Waals surface area contributed by atoms with E-state index < -0.39 is 0 Å². The van der Waals surface area contributed by atoms with Gasteiger partial charge in [0.25, 0.3) is 0 Å². The zero-order chi connectivity index (χ0) is 16.7. The Kier molecular flexibility index (Phi) is 5.20. The number of halogens is 2. The summed E-state index contributed by atoms with van der Waals surface area (Å²) in [6.45, 7) is 0.602. The van der Waals surface area contributed by atoms with E-state index in [9.17, 15) is 0 Å². The first kappa shape index (κ1) is 18.0. The second kappa shape index (κ2) is 7.22. The minimum atomic E-state index is 0. The number of guanidine groups is 1. The van der Waals surface area contributed by atoms with Crippen molar-refractivity contribution in [3.63, 3.8) is 0 Å². The van der Waals surface area contributed by atoms with Crippen LogP contribution in [-0.2, 0) is 19.4 Å². The zero-order valence-corrected chi connectivity index (χ0v) is 16.6. The van der Waals surface area contributed by atoms with Crippen molar-refractivity contribution in [1.29, 1.82) is 5.41 Å². The van der Waals surface area contributed by atoms with Crippen molar-refractivity contribution in [2.75, 3.05) is 4.90 Å². The smallest absolute Gasteiger partial charge is 0.193 e. The molecule has 4 rings (SSSR count). The minimum Gasteiger partial charge on any atom is -0.370 e. The Morgan fingerprint density at radius 1 is 1.04 bits per heavy atom. The average molecular weight is 464 g/mol. The summed E-state index contributed by atoms with van der Waals surface area (Å²) in [6.07, 6.45) is 2.21. The van der Waals surface area contributed by atoms with Gasteiger partial charge in [0.1, 0.15) is 0 Å². The van der Waals surface area contributed by atoms with E-state index in [1.165, 1.54) is 25.5 Å². The zero-order valence-electron chi connectivity index (χ0n) is 13.6. The Morgan fingerprint density at radius 2 is 1.76 bits per heavy atom. The molecule has 1 aliphatic rings. The third kappa shape index (κ3) is 3.33. The van der Waals surface area contributed by atoms with Gasteiger partial charge in [0.15, 0.2) is 5.96 Å². The monoisotopic (exact) mass is 463 g/mol. The van der Waals surface area contributed by atoms with Crippen molar-refractivity contribution in [2.45, 2.75) is 19.4 Å². The lowest BCUT2D eigenvalue weighted by atomic mass is 10.0. The molecule has 0 aliphatic heterocycles. The third-order valence-corrected chi connectivity index (χ3v) is 5.34. The van der Waals surface area contributed by atoms with Crippen LogP contribution < -0.4 is 10.6 Å². The number of benzene rings is 3. The first-order valence-corrected chi connectivity index (χ1v) is 9.11. The van der Waals surface area contributed by atoms with Crippen molar-refractivity contribution < 1.29 is 0 Å². The Bertz CT molecular complexity index is 945. The fourth-order valence-corrected chi connectivity index (χ4v) is 4.19. The Balaban J connectivity index is 0.00000182. The number of nitrogens with one attached hydrogen (secondary N) is 1. The number of rotatable bonds is 3. The molecule has 0 atom stereocenters. The first-order chi connectivity index (χ1) is 11.6. The number of nitrogens with two attached hydrogens (primary N) is 1. The van der Waals surface area contributed by atoms with Crippen LogP contribution in [0, 0.1) is 8.98 Å². The Hall–Kier alpha value is -1.79. The lowest BCUT2D eigenvalue weighted by Gasteiger charge is -2.25. The van der Waals surface area contributed by atoms with Crippen LogP contribution in [0.4, 0.5) is 5.69 Å². The molecule has 5 heteroatoms. The van der Waals surface area contributed by atoms with Gasteiger partial charge in [0, 0.05) is 8.96 Å². The molecule has 0 saturated carbocycles. The average Bonchev–Trinajstić information content (AvgIpc) is 2.99. The van der Waals surface area contributed by atoms with E-state index >= 15 is 0 Å². The second-order valence-corrected chi connectivity index (χ2v) is 7.43. The first-order valence-electron chi connectivity index (χ1n) is 8.03. The van der Waals surface area contributed by atoms with E-state index in [4.69, 9.17) is 11.1 Å². The summed E-state index contributed by atoms with van der Waals surface area (Å²) in [4.78, 5) is 1.90. The van der Waals surface area contributed by atoms with Crippen molar-refractivity contribution >= 4 is 57.4 Å². The quantitative estimate of drug-likeness (QED) is 0.331. The SMILES string of the molecule is Cl.N=C(N)N(Cc1cccc(I)c1)c1ccc2c3c(cccc13)CC2. The van der Waals surface area contributed by atoms with Crippen molar-refractivity contribution in [1.82, 2.24) is 0 Å². The number of nitrogens with zero attached hydrogens (tertiary/aromatic N) is 1. The van der Waals surface area contributed by atoms with Gasteiger partial charge in [0.2, 0.25) is 0 Å².